The zero-order chi connectivity index (χ0) is 19.3. The summed E-state index contributed by atoms with van der Waals surface area (Å²) in [6, 6.07) is 13.8. The van der Waals surface area contributed by atoms with Crippen molar-refractivity contribution < 1.29 is 4.79 Å². The number of anilines is 2. The Hall–Kier alpha value is -2.68. The average Bonchev–Trinajstić information content (AvgIpc) is 3.22. The van der Waals surface area contributed by atoms with E-state index in [0.717, 1.165) is 31.0 Å². The van der Waals surface area contributed by atoms with E-state index in [1.165, 1.54) is 5.56 Å². The van der Waals surface area contributed by atoms with E-state index >= 15 is 0 Å². The van der Waals surface area contributed by atoms with Gasteiger partial charge in [-0.15, -0.1) is 0 Å². The van der Waals surface area contributed by atoms with Crippen LogP contribution in [0, 0.1) is 0 Å². The molecule has 1 aromatic carbocycles. The molecule has 0 saturated carbocycles. The van der Waals surface area contributed by atoms with Gasteiger partial charge in [-0.05, 0) is 36.2 Å². The molecule has 2 atom stereocenters. The fourth-order valence-electron chi connectivity index (χ4n) is 3.60. The predicted molar refractivity (Wildman–Crippen MR) is 109 cm³/mol. The summed E-state index contributed by atoms with van der Waals surface area (Å²) in [5.74, 6) is 1.05. The van der Waals surface area contributed by atoms with E-state index in [0.29, 0.717) is 13.1 Å². The van der Waals surface area contributed by atoms with Gasteiger partial charge in [0.05, 0.1) is 0 Å². The van der Waals surface area contributed by atoms with Crippen LogP contribution in [0.1, 0.15) is 12.5 Å². The Kier molecular flexibility index (Phi) is 5.70. The van der Waals surface area contributed by atoms with Gasteiger partial charge in [0.1, 0.15) is 18.0 Å². The van der Waals surface area contributed by atoms with Gasteiger partial charge in [0.15, 0.2) is 0 Å². The second-order valence-electron chi connectivity index (χ2n) is 7.06. The standard InChI is InChI=1S/C20H27N7O/c1-2-15-6-8-16(9-7-15)22-19-18(23-25-24-19)20(28)27-13-11-26(12-14-27)17-5-3-4-10-21-17/h3-10,18-19,22-25H,2,11-14H2,1H3. The van der Waals surface area contributed by atoms with Crippen LogP contribution in [0.15, 0.2) is 48.7 Å². The molecule has 0 radical (unpaired) electrons. The third-order valence-electron chi connectivity index (χ3n) is 5.30. The molecular formula is C20H27N7O. The summed E-state index contributed by atoms with van der Waals surface area (Å²) in [7, 11) is 0. The molecule has 148 valence electrons. The number of carbonyl (C=O) groups excluding carboxylic acids is 1. The van der Waals surface area contributed by atoms with Gasteiger partial charge in [0.25, 0.3) is 0 Å². The zero-order valence-corrected chi connectivity index (χ0v) is 16.1. The average molecular weight is 381 g/mol. The number of hydrogen-bond donors (Lipinski definition) is 4. The van der Waals surface area contributed by atoms with Crippen LogP contribution in [0.3, 0.4) is 0 Å². The molecule has 4 N–H and O–H groups in total. The van der Waals surface area contributed by atoms with Gasteiger partial charge < -0.3 is 15.1 Å². The number of rotatable bonds is 5. The Bertz CT molecular complexity index is 775. The van der Waals surface area contributed by atoms with Crippen molar-refractivity contribution in [2.45, 2.75) is 25.6 Å². The summed E-state index contributed by atoms with van der Waals surface area (Å²) in [5, 5.41) is 3.39. The number of nitrogens with one attached hydrogen (secondary N) is 4. The van der Waals surface area contributed by atoms with E-state index in [2.05, 4.69) is 50.6 Å². The minimum Gasteiger partial charge on any atom is -0.367 e. The number of amides is 1. The first kappa shape index (κ1) is 18.7. The molecule has 2 saturated heterocycles. The molecule has 1 aromatic heterocycles. The number of hydrazine groups is 2. The van der Waals surface area contributed by atoms with Crippen LogP contribution in [-0.2, 0) is 11.2 Å². The van der Waals surface area contributed by atoms with E-state index in [4.69, 9.17) is 0 Å². The highest BCUT2D eigenvalue weighted by atomic mass is 16.2. The molecule has 2 aliphatic heterocycles. The first-order valence-corrected chi connectivity index (χ1v) is 9.81. The third-order valence-corrected chi connectivity index (χ3v) is 5.30. The first-order chi connectivity index (χ1) is 13.7. The molecule has 8 nitrogen and oxygen atoms in total. The summed E-state index contributed by atoms with van der Waals surface area (Å²) in [6.45, 7) is 5.08. The van der Waals surface area contributed by atoms with Gasteiger partial charge >= 0.3 is 0 Å². The Labute approximate surface area is 165 Å². The van der Waals surface area contributed by atoms with Crippen molar-refractivity contribution in [2.24, 2.45) is 0 Å². The van der Waals surface area contributed by atoms with Crippen molar-refractivity contribution in [3.63, 3.8) is 0 Å². The van der Waals surface area contributed by atoms with Gasteiger partial charge in [0.2, 0.25) is 5.91 Å². The van der Waals surface area contributed by atoms with Crippen molar-refractivity contribution in [3.05, 3.63) is 54.2 Å². The predicted octanol–water partition coefficient (Wildman–Crippen LogP) is 0.712. The van der Waals surface area contributed by atoms with E-state index in [1.54, 1.807) is 6.20 Å². The molecule has 1 amide bonds. The maximum Gasteiger partial charge on any atom is 0.244 e. The number of pyridine rings is 1. The van der Waals surface area contributed by atoms with Crippen LogP contribution in [0.2, 0.25) is 0 Å². The van der Waals surface area contributed by atoms with Crippen LogP contribution >= 0.6 is 0 Å². The van der Waals surface area contributed by atoms with Gasteiger partial charge in [0, 0.05) is 38.1 Å². The number of carbonyl (C=O) groups is 1. The summed E-state index contributed by atoms with van der Waals surface area (Å²) in [4.78, 5) is 21.6. The zero-order valence-electron chi connectivity index (χ0n) is 16.1. The molecule has 0 aliphatic carbocycles. The molecular weight excluding hydrogens is 354 g/mol. The van der Waals surface area contributed by atoms with E-state index < -0.39 is 0 Å². The summed E-state index contributed by atoms with van der Waals surface area (Å²) in [5.41, 5.74) is 11.3. The number of nitrogens with zero attached hydrogens (tertiary/aromatic N) is 3. The SMILES string of the molecule is CCc1ccc(NC2NNNC2C(=O)N2CCN(c3ccccn3)CC2)cc1. The van der Waals surface area contributed by atoms with Crippen LogP contribution in [-0.4, -0.2) is 54.2 Å². The molecule has 0 spiro atoms. The Morgan fingerprint density at radius 3 is 2.57 bits per heavy atom. The summed E-state index contributed by atoms with van der Waals surface area (Å²) >= 11 is 0. The van der Waals surface area contributed by atoms with Crippen LogP contribution < -0.4 is 26.6 Å². The molecule has 2 aromatic rings. The second-order valence-corrected chi connectivity index (χ2v) is 7.06. The van der Waals surface area contributed by atoms with Crippen molar-refractivity contribution in [2.75, 3.05) is 36.4 Å². The van der Waals surface area contributed by atoms with Crippen LogP contribution in [0.5, 0.6) is 0 Å². The third kappa shape index (κ3) is 4.09. The van der Waals surface area contributed by atoms with Crippen LogP contribution in [0.25, 0.3) is 0 Å². The van der Waals surface area contributed by atoms with Gasteiger partial charge in [-0.25, -0.2) is 15.8 Å². The van der Waals surface area contributed by atoms with Gasteiger partial charge in [-0.2, -0.15) is 5.53 Å². The van der Waals surface area contributed by atoms with Crippen molar-refractivity contribution in [1.29, 1.82) is 0 Å². The monoisotopic (exact) mass is 381 g/mol. The quantitative estimate of drug-likeness (QED) is 0.607. The van der Waals surface area contributed by atoms with Crippen LogP contribution in [0.4, 0.5) is 11.5 Å². The number of aryl methyl sites for hydroxylation is 1. The first-order valence-electron chi connectivity index (χ1n) is 9.81. The normalized spacial score (nSPS) is 22.3. The molecule has 4 rings (SSSR count). The highest BCUT2D eigenvalue weighted by Gasteiger charge is 2.36. The topological polar surface area (TPSA) is 84.6 Å². The lowest BCUT2D eigenvalue weighted by Gasteiger charge is -2.37. The maximum atomic E-state index is 13.1. The molecule has 0 bridgehead atoms. The Morgan fingerprint density at radius 1 is 1.11 bits per heavy atom. The number of benzene rings is 1. The second kappa shape index (κ2) is 8.55. The van der Waals surface area contributed by atoms with Crippen molar-refractivity contribution >= 4 is 17.4 Å². The smallest absolute Gasteiger partial charge is 0.244 e. The molecule has 8 heteroatoms. The Morgan fingerprint density at radius 2 is 1.89 bits per heavy atom. The van der Waals surface area contributed by atoms with E-state index in [-0.39, 0.29) is 18.1 Å². The fourth-order valence-corrected chi connectivity index (χ4v) is 3.60. The molecule has 28 heavy (non-hydrogen) atoms. The molecule has 2 unspecified atom stereocenters. The lowest BCUT2D eigenvalue weighted by molar-refractivity contribution is -0.133. The highest BCUT2D eigenvalue weighted by Crippen LogP contribution is 2.16. The van der Waals surface area contributed by atoms with E-state index in [1.807, 2.05) is 35.2 Å². The largest absolute Gasteiger partial charge is 0.367 e. The lowest BCUT2D eigenvalue weighted by Crippen LogP contribution is -2.57. The number of hydrogen-bond acceptors (Lipinski definition) is 7. The summed E-state index contributed by atoms with van der Waals surface area (Å²) in [6.07, 6.45) is 2.58. The van der Waals surface area contributed by atoms with Gasteiger partial charge in [-0.1, -0.05) is 25.1 Å². The highest BCUT2D eigenvalue weighted by molar-refractivity contribution is 5.83. The molecule has 2 fully saturated rings. The minimum absolute atomic E-state index is 0.0841. The Balaban J connectivity index is 1.34. The van der Waals surface area contributed by atoms with Crippen molar-refractivity contribution in [1.82, 2.24) is 26.3 Å². The van der Waals surface area contributed by atoms with Crippen molar-refractivity contribution in [3.8, 4) is 0 Å². The molecule has 3 heterocycles. The summed E-state index contributed by atoms with van der Waals surface area (Å²) < 4.78 is 0. The minimum atomic E-state index is -0.382. The number of aromatic nitrogens is 1. The number of piperazine rings is 1. The maximum absolute atomic E-state index is 13.1. The fraction of sp³-hybridized carbons (Fsp3) is 0.400. The molecule has 2 aliphatic rings. The lowest BCUT2D eigenvalue weighted by atomic mass is 10.1. The van der Waals surface area contributed by atoms with Gasteiger partial charge in [-0.3, -0.25) is 4.79 Å². The van der Waals surface area contributed by atoms with E-state index in [9.17, 15) is 4.79 Å².